The highest BCUT2D eigenvalue weighted by molar-refractivity contribution is 6.36. The smallest absolute Gasteiger partial charge is 0.410 e. The highest BCUT2D eigenvalue weighted by Crippen LogP contribution is 2.37. The molecule has 4 aromatic rings. The maximum absolute atomic E-state index is 13.0. The van der Waals surface area contributed by atoms with E-state index in [1.54, 1.807) is 4.90 Å². The third-order valence-corrected chi connectivity index (χ3v) is 8.22. The largest absolute Gasteiger partial charge is 0.445 e. The Morgan fingerprint density at radius 2 is 1.78 bits per heavy atom. The minimum atomic E-state index is -0.416. The number of carbonyl (C=O) groups excluding carboxylic acids is 1. The number of fused-ring (bicyclic) bond motifs is 2. The van der Waals surface area contributed by atoms with Gasteiger partial charge >= 0.3 is 6.09 Å². The molecule has 8 nitrogen and oxygen atoms in total. The Hall–Kier alpha value is -4.06. The molecule has 0 aliphatic carbocycles. The van der Waals surface area contributed by atoms with E-state index in [9.17, 15) is 10.1 Å². The molecule has 1 aromatic heterocycles. The Balaban J connectivity index is 1.22. The number of benzene rings is 3. The van der Waals surface area contributed by atoms with E-state index in [0.717, 1.165) is 52.1 Å². The summed E-state index contributed by atoms with van der Waals surface area (Å²) in [6.07, 6.45) is 0.499. The third kappa shape index (κ3) is 5.61. The van der Waals surface area contributed by atoms with Crippen molar-refractivity contribution in [1.29, 1.82) is 5.26 Å². The molecule has 0 radical (unpaired) electrons. The molecule has 2 aliphatic heterocycles. The minimum absolute atomic E-state index is 0.179. The molecule has 1 amide bonds. The van der Waals surface area contributed by atoms with Crippen molar-refractivity contribution in [3.05, 3.63) is 93.9 Å². The van der Waals surface area contributed by atoms with Crippen molar-refractivity contribution < 1.29 is 9.53 Å². The Labute approximate surface area is 248 Å². The van der Waals surface area contributed by atoms with Crippen LogP contribution in [0.1, 0.15) is 23.2 Å². The lowest BCUT2D eigenvalue weighted by atomic mass is 10.0. The zero-order chi connectivity index (χ0) is 28.3. The van der Waals surface area contributed by atoms with Crippen molar-refractivity contribution in [3.63, 3.8) is 0 Å². The number of hydrogen-bond donors (Lipinski definition) is 0. The van der Waals surface area contributed by atoms with Crippen molar-refractivity contribution in [2.75, 3.05) is 36.0 Å². The fourth-order valence-electron chi connectivity index (χ4n) is 5.76. The minimum Gasteiger partial charge on any atom is -0.445 e. The summed E-state index contributed by atoms with van der Waals surface area (Å²) < 4.78 is 5.58. The van der Waals surface area contributed by atoms with E-state index in [2.05, 4.69) is 44.0 Å². The standard InChI is InChI=1S/C31H28Cl2N6O2/c32-25-10-4-8-22-9-5-11-27(28(22)25)37-15-13-24-26(19-37)35-30(33)36-29(24)38-16-17-39(23(18-38)12-14-34)31(40)41-20-21-6-2-1-3-7-21/h1-11,23H,12-13,15-20H2/t23-/m0/s1. The summed E-state index contributed by atoms with van der Waals surface area (Å²) in [4.78, 5) is 28.3. The van der Waals surface area contributed by atoms with Gasteiger partial charge in [-0.15, -0.1) is 0 Å². The lowest BCUT2D eigenvalue weighted by molar-refractivity contribution is 0.0768. The van der Waals surface area contributed by atoms with E-state index in [-0.39, 0.29) is 24.4 Å². The van der Waals surface area contributed by atoms with Gasteiger partial charge in [-0.3, -0.25) is 0 Å². The number of amides is 1. The zero-order valence-corrected chi connectivity index (χ0v) is 23.9. The van der Waals surface area contributed by atoms with Gasteiger partial charge in [-0.1, -0.05) is 66.2 Å². The summed E-state index contributed by atoms with van der Waals surface area (Å²) in [7, 11) is 0. The topological polar surface area (TPSA) is 85.6 Å². The first-order valence-corrected chi connectivity index (χ1v) is 14.3. The van der Waals surface area contributed by atoms with Gasteiger partial charge < -0.3 is 19.4 Å². The normalized spacial score (nSPS) is 16.8. The number of nitriles is 1. The summed E-state index contributed by atoms with van der Waals surface area (Å²) in [5, 5.41) is 12.5. The van der Waals surface area contributed by atoms with Gasteiger partial charge in [0.05, 0.1) is 35.8 Å². The summed E-state index contributed by atoms with van der Waals surface area (Å²) >= 11 is 13.1. The van der Waals surface area contributed by atoms with Gasteiger partial charge in [0.2, 0.25) is 5.28 Å². The maximum Gasteiger partial charge on any atom is 0.410 e. The Morgan fingerprint density at radius 3 is 2.59 bits per heavy atom. The van der Waals surface area contributed by atoms with Crippen LogP contribution in [0.25, 0.3) is 10.8 Å². The van der Waals surface area contributed by atoms with Crippen LogP contribution in [-0.4, -0.2) is 53.2 Å². The molecule has 1 fully saturated rings. The van der Waals surface area contributed by atoms with Crippen molar-refractivity contribution in [3.8, 4) is 6.07 Å². The van der Waals surface area contributed by atoms with Crippen LogP contribution in [0.2, 0.25) is 10.3 Å². The van der Waals surface area contributed by atoms with Crippen LogP contribution in [0.15, 0.2) is 66.7 Å². The summed E-state index contributed by atoms with van der Waals surface area (Å²) in [5.41, 5.74) is 3.90. The first kappa shape index (κ1) is 27.1. The molecule has 41 heavy (non-hydrogen) atoms. The number of rotatable bonds is 5. The first-order valence-electron chi connectivity index (χ1n) is 13.6. The molecule has 2 aliphatic rings. The molecule has 208 valence electrons. The Kier molecular flexibility index (Phi) is 7.82. The molecular formula is C31H28Cl2N6O2. The molecule has 0 spiro atoms. The number of ether oxygens (including phenoxy) is 1. The lowest BCUT2D eigenvalue weighted by Gasteiger charge is -2.41. The monoisotopic (exact) mass is 586 g/mol. The molecule has 0 bridgehead atoms. The van der Waals surface area contributed by atoms with E-state index < -0.39 is 6.09 Å². The number of hydrogen-bond acceptors (Lipinski definition) is 7. The number of nitrogens with zero attached hydrogens (tertiary/aromatic N) is 6. The molecule has 3 aromatic carbocycles. The average molecular weight is 588 g/mol. The van der Waals surface area contributed by atoms with Crippen LogP contribution in [0.5, 0.6) is 0 Å². The highest BCUT2D eigenvalue weighted by atomic mass is 35.5. The van der Waals surface area contributed by atoms with Crippen molar-refractivity contribution in [2.45, 2.75) is 32.0 Å². The van der Waals surface area contributed by atoms with Gasteiger partial charge in [-0.25, -0.2) is 14.8 Å². The molecule has 0 N–H and O–H groups in total. The summed E-state index contributed by atoms with van der Waals surface area (Å²) in [6, 6.07) is 23.6. The van der Waals surface area contributed by atoms with Gasteiger partial charge in [0, 0.05) is 42.8 Å². The molecule has 3 heterocycles. The Bertz CT molecular complexity index is 1620. The molecule has 0 unspecified atom stereocenters. The van der Waals surface area contributed by atoms with Crippen LogP contribution in [0, 0.1) is 11.3 Å². The SMILES string of the molecule is N#CC[C@H]1CN(c2nc(Cl)nc3c2CCN(c2cccc4cccc(Cl)c24)C3)CCN1C(=O)OCc1ccccc1. The molecule has 10 heteroatoms. The molecule has 6 rings (SSSR count). The van der Waals surface area contributed by atoms with E-state index in [0.29, 0.717) is 31.2 Å². The van der Waals surface area contributed by atoms with Gasteiger partial charge in [0.25, 0.3) is 0 Å². The van der Waals surface area contributed by atoms with Crippen LogP contribution in [-0.2, 0) is 24.3 Å². The number of aromatic nitrogens is 2. The lowest BCUT2D eigenvalue weighted by Crippen LogP contribution is -2.55. The maximum atomic E-state index is 13.0. The second-order valence-electron chi connectivity index (χ2n) is 10.2. The third-order valence-electron chi connectivity index (χ3n) is 7.74. The van der Waals surface area contributed by atoms with Gasteiger partial charge in [0.15, 0.2) is 0 Å². The fraction of sp³-hybridized carbons (Fsp3) is 0.290. The zero-order valence-electron chi connectivity index (χ0n) is 22.3. The average Bonchev–Trinajstić information content (AvgIpc) is 2.99. The van der Waals surface area contributed by atoms with E-state index >= 15 is 0 Å². The molecular weight excluding hydrogens is 559 g/mol. The summed E-state index contributed by atoms with van der Waals surface area (Å²) in [5.74, 6) is 0.774. The predicted octanol–water partition coefficient (Wildman–Crippen LogP) is 6.24. The first-order chi connectivity index (χ1) is 20.0. The van der Waals surface area contributed by atoms with Gasteiger partial charge in [-0.05, 0) is 41.1 Å². The van der Waals surface area contributed by atoms with E-state index in [1.807, 2.05) is 48.5 Å². The van der Waals surface area contributed by atoms with E-state index in [1.165, 1.54) is 0 Å². The van der Waals surface area contributed by atoms with E-state index in [4.69, 9.17) is 27.9 Å². The number of halogens is 2. The van der Waals surface area contributed by atoms with Crippen LogP contribution in [0.3, 0.4) is 0 Å². The molecule has 0 saturated carbocycles. The van der Waals surface area contributed by atoms with Crippen LogP contribution >= 0.6 is 23.2 Å². The Morgan fingerprint density at radius 1 is 0.976 bits per heavy atom. The van der Waals surface area contributed by atoms with Gasteiger partial charge in [-0.2, -0.15) is 5.26 Å². The van der Waals surface area contributed by atoms with Crippen molar-refractivity contribution >= 4 is 51.6 Å². The predicted molar refractivity (Wildman–Crippen MR) is 160 cm³/mol. The van der Waals surface area contributed by atoms with Crippen molar-refractivity contribution in [1.82, 2.24) is 14.9 Å². The number of piperazine rings is 1. The number of anilines is 2. The van der Waals surface area contributed by atoms with Gasteiger partial charge in [0.1, 0.15) is 12.4 Å². The number of carbonyl (C=O) groups is 1. The quantitative estimate of drug-likeness (QED) is 0.256. The summed E-state index contributed by atoms with van der Waals surface area (Å²) in [6.45, 7) is 2.94. The highest BCUT2D eigenvalue weighted by Gasteiger charge is 2.34. The second-order valence-corrected chi connectivity index (χ2v) is 11.0. The second kappa shape index (κ2) is 11.8. The fourth-order valence-corrected chi connectivity index (χ4v) is 6.22. The molecule has 1 saturated heterocycles. The van der Waals surface area contributed by atoms with Crippen LogP contribution < -0.4 is 9.80 Å². The van der Waals surface area contributed by atoms with Crippen molar-refractivity contribution in [2.24, 2.45) is 0 Å². The van der Waals surface area contributed by atoms with Crippen LogP contribution in [0.4, 0.5) is 16.3 Å². The molecule has 1 atom stereocenters.